The standard InChI is InChI=1S/C10H13F3N2O5.C9H13ClN4O2.ClH/c11-10(12,13)4-2-15(9(19)14-8(4)18)7-1-5(17)6(3-16)20-7;10-7-5(12-9(16)13-8(7)15)4-14-3-1-2-6(14)11;/h4-7,16-17H,1-3H2,(H,14,18,19);5,7,11H,1-4H2,(H2,12,13,15,16);1H/t4?,5-,6+,7+;;/m0../s1. The molecule has 4 fully saturated rings. The molecule has 0 aromatic carbocycles. The number of ether oxygens (including phenoxy) is 1. The summed E-state index contributed by atoms with van der Waals surface area (Å²) in [6, 6.07) is -1.95. The van der Waals surface area contributed by atoms with Crippen LogP contribution >= 0.6 is 24.0 Å². The molecule has 210 valence electrons. The summed E-state index contributed by atoms with van der Waals surface area (Å²) in [6.45, 7) is -0.180. The van der Waals surface area contributed by atoms with Crippen LogP contribution < -0.4 is 16.0 Å². The van der Waals surface area contributed by atoms with Crippen molar-refractivity contribution in [1.82, 2.24) is 25.8 Å². The minimum Gasteiger partial charge on any atom is -0.394 e. The zero-order valence-electron chi connectivity index (χ0n) is 19.2. The van der Waals surface area contributed by atoms with Gasteiger partial charge in [0, 0.05) is 32.5 Å². The number of aliphatic hydroxyl groups is 2. The van der Waals surface area contributed by atoms with Gasteiger partial charge in [-0.15, -0.1) is 24.0 Å². The van der Waals surface area contributed by atoms with E-state index in [9.17, 15) is 37.5 Å². The van der Waals surface area contributed by atoms with Gasteiger partial charge < -0.3 is 25.2 Å². The number of carbonyl (C=O) groups is 4. The molecule has 13 nitrogen and oxygen atoms in total. The van der Waals surface area contributed by atoms with Crippen molar-refractivity contribution in [1.29, 1.82) is 5.41 Å². The molecule has 0 aromatic rings. The second-order valence-electron chi connectivity index (χ2n) is 8.62. The van der Waals surface area contributed by atoms with Gasteiger partial charge in [-0.05, 0) is 6.42 Å². The summed E-state index contributed by atoms with van der Waals surface area (Å²) < 4.78 is 43.1. The molecule has 18 heteroatoms. The van der Waals surface area contributed by atoms with E-state index in [0.29, 0.717) is 17.3 Å². The number of hydrogen-bond donors (Lipinski definition) is 6. The summed E-state index contributed by atoms with van der Waals surface area (Å²) >= 11 is 5.90. The first-order valence-electron chi connectivity index (χ1n) is 11.0. The monoisotopic (exact) mass is 578 g/mol. The number of aliphatic hydroxyl groups excluding tert-OH is 2. The van der Waals surface area contributed by atoms with Gasteiger partial charge in [0.25, 0.3) is 0 Å². The lowest BCUT2D eigenvalue weighted by Gasteiger charge is -2.36. The summed E-state index contributed by atoms with van der Waals surface area (Å²) in [6.07, 6.45) is -6.37. The predicted octanol–water partition coefficient (Wildman–Crippen LogP) is -0.518. The second-order valence-corrected chi connectivity index (χ2v) is 9.09. The van der Waals surface area contributed by atoms with Crippen molar-refractivity contribution in [2.75, 3.05) is 26.2 Å². The summed E-state index contributed by atoms with van der Waals surface area (Å²) in [7, 11) is 0. The van der Waals surface area contributed by atoms with E-state index in [1.165, 1.54) is 0 Å². The zero-order chi connectivity index (χ0) is 26.8. The smallest absolute Gasteiger partial charge is 0.394 e. The molecule has 4 aliphatic heterocycles. The molecule has 0 bridgehead atoms. The average Bonchev–Trinajstić information content (AvgIpc) is 3.36. The number of carbonyl (C=O) groups excluding carboxylic acids is 4. The first-order valence-corrected chi connectivity index (χ1v) is 11.5. The number of amidine groups is 1. The molecule has 0 spiro atoms. The van der Waals surface area contributed by atoms with Crippen molar-refractivity contribution in [3.05, 3.63) is 0 Å². The molecule has 0 aliphatic carbocycles. The summed E-state index contributed by atoms with van der Waals surface area (Å²) in [4.78, 5) is 47.7. The summed E-state index contributed by atoms with van der Waals surface area (Å²) in [5.74, 6) is -3.67. The highest BCUT2D eigenvalue weighted by Gasteiger charge is 2.52. The third kappa shape index (κ3) is 7.34. The van der Waals surface area contributed by atoms with Crippen LogP contribution in [0.1, 0.15) is 19.3 Å². The first-order chi connectivity index (χ1) is 16.8. The third-order valence-electron chi connectivity index (χ3n) is 6.11. The number of likely N-dealkylation sites (tertiary alicyclic amines) is 1. The topological polar surface area (TPSA) is 184 Å². The van der Waals surface area contributed by atoms with E-state index >= 15 is 0 Å². The van der Waals surface area contributed by atoms with E-state index in [4.69, 9.17) is 26.9 Å². The van der Waals surface area contributed by atoms with Gasteiger partial charge in [0.15, 0.2) is 5.92 Å². The van der Waals surface area contributed by atoms with Gasteiger partial charge in [0.2, 0.25) is 11.8 Å². The SMILES string of the molecule is Cl.N=C1CCCN1CC1NC(=O)NC(=O)C1Cl.O=C1NC(=O)N([C@H]2C[C@H](O)[C@@H](CO)O2)CC1C(F)(F)F. The minimum atomic E-state index is -4.78. The fourth-order valence-electron chi connectivity index (χ4n) is 4.15. The molecule has 3 unspecified atom stereocenters. The van der Waals surface area contributed by atoms with E-state index in [0.717, 1.165) is 19.4 Å². The Balaban J connectivity index is 0.000000259. The molecule has 0 radical (unpaired) electrons. The van der Waals surface area contributed by atoms with Gasteiger partial charge in [-0.2, -0.15) is 13.2 Å². The summed E-state index contributed by atoms with van der Waals surface area (Å²) in [5.41, 5.74) is 0. The summed E-state index contributed by atoms with van der Waals surface area (Å²) in [5, 5.41) is 31.6. The van der Waals surface area contributed by atoms with Crippen molar-refractivity contribution < 1.29 is 47.3 Å². The molecule has 4 saturated heterocycles. The fourth-order valence-corrected chi connectivity index (χ4v) is 4.35. The van der Waals surface area contributed by atoms with Gasteiger partial charge in [-0.25, -0.2) is 9.59 Å². The van der Waals surface area contributed by atoms with Crippen molar-refractivity contribution in [3.8, 4) is 0 Å². The maximum atomic E-state index is 12.7. The number of rotatable bonds is 4. The molecule has 4 aliphatic rings. The lowest BCUT2D eigenvalue weighted by molar-refractivity contribution is -0.192. The fraction of sp³-hybridized carbons (Fsp3) is 0.737. The van der Waals surface area contributed by atoms with E-state index in [1.54, 1.807) is 5.32 Å². The number of alkyl halides is 4. The number of nitrogens with one attached hydrogen (secondary N) is 4. The van der Waals surface area contributed by atoms with Crippen molar-refractivity contribution >= 4 is 53.7 Å². The highest BCUT2D eigenvalue weighted by molar-refractivity contribution is 6.33. The lowest BCUT2D eigenvalue weighted by Crippen LogP contribution is -2.62. The molecule has 37 heavy (non-hydrogen) atoms. The molecule has 6 amide bonds. The Bertz CT molecular complexity index is 914. The lowest BCUT2D eigenvalue weighted by atomic mass is 10.1. The molecule has 4 heterocycles. The predicted molar refractivity (Wildman–Crippen MR) is 122 cm³/mol. The Morgan fingerprint density at radius 3 is 2.38 bits per heavy atom. The molecular formula is C19H27Cl2F3N6O7. The van der Waals surface area contributed by atoms with Gasteiger partial charge >= 0.3 is 18.2 Å². The largest absolute Gasteiger partial charge is 0.402 e. The molecule has 0 aromatic heterocycles. The molecule has 6 N–H and O–H groups in total. The number of nitrogens with zero attached hydrogens (tertiary/aromatic N) is 2. The molecular weight excluding hydrogens is 552 g/mol. The maximum Gasteiger partial charge on any atom is 0.402 e. The molecule has 6 atom stereocenters. The Morgan fingerprint density at radius 2 is 1.84 bits per heavy atom. The van der Waals surface area contributed by atoms with E-state index < -0.39 is 79.0 Å². The van der Waals surface area contributed by atoms with Crippen LogP contribution in [-0.4, -0.2) is 112 Å². The zero-order valence-corrected chi connectivity index (χ0v) is 20.7. The van der Waals surface area contributed by atoms with Crippen molar-refractivity contribution in [2.45, 2.75) is 55.3 Å². The van der Waals surface area contributed by atoms with Crippen LogP contribution in [0.5, 0.6) is 0 Å². The van der Waals surface area contributed by atoms with Crippen LogP contribution in [0.25, 0.3) is 0 Å². The number of imide groups is 2. The van der Waals surface area contributed by atoms with Gasteiger partial charge in [-0.1, -0.05) is 0 Å². The average molecular weight is 579 g/mol. The van der Waals surface area contributed by atoms with Crippen LogP contribution in [0.4, 0.5) is 22.8 Å². The Hall–Kier alpha value is -2.40. The van der Waals surface area contributed by atoms with E-state index in [2.05, 4.69) is 10.6 Å². The minimum absolute atomic E-state index is 0. The number of hydrogen-bond acceptors (Lipinski definition) is 8. The first kappa shape index (κ1) is 30.8. The number of amides is 6. The van der Waals surface area contributed by atoms with Gasteiger partial charge in [0.1, 0.15) is 17.7 Å². The third-order valence-corrected chi connectivity index (χ3v) is 6.61. The van der Waals surface area contributed by atoms with Gasteiger partial charge in [0.05, 0.1) is 24.6 Å². The van der Waals surface area contributed by atoms with Crippen LogP contribution in [-0.2, 0) is 14.3 Å². The number of urea groups is 2. The quantitative estimate of drug-likeness (QED) is 0.241. The molecule has 0 saturated carbocycles. The Morgan fingerprint density at radius 1 is 1.16 bits per heavy atom. The highest BCUT2D eigenvalue weighted by Crippen LogP contribution is 2.32. The normalized spacial score (nSPS) is 32.2. The van der Waals surface area contributed by atoms with Crippen molar-refractivity contribution in [2.24, 2.45) is 5.92 Å². The van der Waals surface area contributed by atoms with Gasteiger partial charge in [-0.3, -0.25) is 30.5 Å². The highest BCUT2D eigenvalue weighted by atomic mass is 35.5. The number of halogens is 5. The Kier molecular flexibility index (Phi) is 10.4. The second kappa shape index (κ2) is 12.4. The van der Waals surface area contributed by atoms with E-state index in [-0.39, 0.29) is 18.8 Å². The Labute approximate surface area is 219 Å². The van der Waals surface area contributed by atoms with Crippen molar-refractivity contribution in [3.63, 3.8) is 0 Å². The molecule has 4 rings (SSSR count). The maximum absolute atomic E-state index is 12.7. The van der Waals surface area contributed by atoms with Crippen LogP contribution in [0.3, 0.4) is 0 Å². The van der Waals surface area contributed by atoms with Crippen LogP contribution in [0, 0.1) is 11.3 Å². The van der Waals surface area contributed by atoms with Crippen LogP contribution in [0.2, 0.25) is 0 Å². The van der Waals surface area contributed by atoms with E-state index in [1.807, 2.05) is 4.90 Å². The van der Waals surface area contributed by atoms with Crippen LogP contribution in [0.15, 0.2) is 0 Å².